The van der Waals surface area contributed by atoms with Crippen LogP contribution in [0, 0.1) is 13.8 Å². The van der Waals surface area contributed by atoms with E-state index in [1.54, 1.807) is 20.1 Å². The summed E-state index contributed by atoms with van der Waals surface area (Å²) < 4.78 is 0. The van der Waals surface area contributed by atoms with Crippen LogP contribution in [-0.2, 0) is 4.79 Å². The molecule has 0 radical (unpaired) electrons. The summed E-state index contributed by atoms with van der Waals surface area (Å²) in [5, 5.41) is 21.7. The van der Waals surface area contributed by atoms with E-state index in [4.69, 9.17) is 5.11 Å². The molecule has 21 heavy (non-hydrogen) atoms. The van der Waals surface area contributed by atoms with Crippen molar-refractivity contribution >= 4 is 23.6 Å². The van der Waals surface area contributed by atoms with Gasteiger partial charge in [0.25, 0.3) is 5.91 Å². The minimum atomic E-state index is -1.51. The predicted molar refractivity (Wildman–Crippen MR) is 78.5 cm³/mol. The molecule has 7 nitrogen and oxygen atoms in total. The fourth-order valence-electron chi connectivity index (χ4n) is 1.84. The average molecular weight is 313 g/mol. The van der Waals surface area contributed by atoms with E-state index >= 15 is 0 Å². The third-order valence-corrected chi connectivity index (χ3v) is 3.43. The highest BCUT2D eigenvalue weighted by Crippen LogP contribution is 2.20. The van der Waals surface area contributed by atoms with Crippen LogP contribution in [0.4, 0.5) is 0 Å². The number of aryl methyl sites for hydroxylation is 2. The molecule has 1 unspecified atom stereocenters. The number of nitrogens with zero attached hydrogens (tertiary/aromatic N) is 2. The number of carbonyl (C=O) groups is 2. The maximum absolute atomic E-state index is 12.2. The number of aromatic nitrogens is 2. The third kappa shape index (κ3) is 4.98. The van der Waals surface area contributed by atoms with Crippen molar-refractivity contribution < 1.29 is 19.8 Å². The fraction of sp³-hybridized carbons (Fsp3) is 0.538. The number of amides is 1. The van der Waals surface area contributed by atoms with Crippen molar-refractivity contribution in [3.8, 4) is 0 Å². The Morgan fingerprint density at radius 1 is 1.33 bits per heavy atom. The minimum absolute atomic E-state index is 0.167. The van der Waals surface area contributed by atoms with Crippen LogP contribution in [0.15, 0.2) is 5.03 Å². The maximum atomic E-state index is 12.2. The summed E-state index contributed by atoms with van der Waals surface area (Å²) in [5.41, 5.74) is -0.623. The first-order valence-electron chi connectivity index (χ1n) is 6.28. The lowest BCUT2D eigenvalue weighted by Crippen LogP contribution is -2.42. The van der Waals surface area contributed by atoms with Crippen molar-refractivity contribution in [3.05, 3.63) is 17.1 Å². The second kappa shape index (κ2) is 6.86. The third-order valence-electron chi connectivity index (χ3n) is 2.75. The van der Waals surface area contributed by atoms with Crippen molar-refractivity contribution in [2.45, 2.75) is 37.8 Å². The second-order valence-electron chi connectivity index (χ2n) is 4.99. The first kappa shape index (κ1) is 17.4. The summed E-state index contributed by atoms with van der Waals surface area (Å²) in [5.74, 6) is -0.984. The molecule has 0 aromatic carbocycles. The molecule has 1 heterocycles. The molecule has 0 aliphatic rings. The molecular weight excluding hydrogens is 294 g/mol. The summed E-state index contributed by atoms with van der Waals surface area (Å²) in [4.78, 5) is 31.2. The molecule has 8 heteroatoms. The van der Waals surface area contributed by atoms with Gasteiger partial charge in [-0.1, -0.05) is 0 Å². The monoisotopic (exact) mass is 313 g/mol. The number of hydrogen-bond donors (Lipinski definition) is 3. The van der Waals surface area contributed by atoms with Crippen LogP contribution in [0.2, 0.25) is 0 Å². The number of aliphatic hydroxyl groups is 1. The van der Waals surface area contributed by atoms with Gasteiger partial charge in [-0.15, -0.1) is 11.8 Å². The van der Waals surface area contributed by atoms with Gasteiger partial charge in [-0.25, -0.2) is 9.97 Å². The molecule has 116 valence electrons. The zero-order valence-corrected chi connectivity index (χ0v) is 13.2. The lowest BCUT2D eigenvalue weighted by atomic mass is 10.0. The maximum Gasteiger partial charge on any atom is 0.306 e. The van der Waals surface area contributed by atoms with Crippen LogP contribution in [0.5, 0.6) is 0 Å². The van der Waals surface area contributed by atoms with E-state index in [2.05, 4.69) is 15.3 Å². The molecule has 0 aliphatic heterocycles. The van der Waals surface area contributed by atoms with Crippen molar-refractivity contribution in [1.29, 1.82) is 0 Å². The van der Waals surface area contributed by atoms with E-state index in [0.29, 0.717) is 22.1 Å². The highest BCUT2D eigenvalue weighted by molar-refractivity contribution is 7.98. The SMILES string of the molecule is CSc1nc(C)nc(C)c1C(=O)NCC(C)(O)CC(=O)O. The van der Waals surface area contributed by atoms with E-state index in [9.17, 15) is 14.7 Å². The Hall–Kier alpha value is -1.67. The molecule has 0 aliphatic carbocycles. The smallest absolute Gasteiger partial charge is 0.306 e. The number of carbonyl (C=O) groups excluding carboxylic acids is 1. The Morgan fingerprint density at radius 2 is 1.95 bits per heavy atom. The van der Waals surface area contributed by atoms with Crippen LogP contribution in [0.25, 0.3) is 0 Å². The molecular formula is C13H19N3O4S. The molecule has 1 aromatic heterocycles. The number of nitrogens with one attached hydrogen (secondary N) is 1. The van der Waals surface area contributed by atoms with Crippen molar-refractivity contribution in [3.63, 3.8) is 0 Å². The van der Waals surface area contributed by atoms with Gasteiger partial charge in [-0.3, -0.25) is 9.59 Å². The summed E-state index contributed by atoms with van der Waals surface area (Å²) in [6.07, 6.45) is 1.35. The molecule has 0 fully saturated rings. The van der Waals surface area contributed by atoms with Crippen LogP contribution in [0.1, 0.15) is 35.2 Å². The van der Waals surface area contributed by atoms with E-state index in [1.807, 2.05) is 0 Å². The van der Waals surface area contributed by atoms with Gasteiger partial charge in [-0.2, -0.15) is 0 Å². The molecule has 0 saturated heterocycles. The van der Waals surface area contributed by atoms with E-state index < -0.39 is 23.9 Å². The number of carboxylic acids is 1. The summed E-state index contributed by atoms with van der Waals surface area (Å²) >= 11 is 1.33. The van der Waals surface area contributed by atoms with E-state index in [-0.39, 0.29) is 6.54 Å². The largest absolute Gasteiger partial charge is 0.481 e. The quantitative estimate of drug-likeness (QED) is 0.525. The van der Waals surface area contributed by atoms with Crippen molar-refractivity contribution in [2.24, 2.45) is 0 Å². The Balaban J connectivity index is 2.88. The molecule has 1 atom stereocenters. The van der Waals surface area contributed by atoms with Gasteiger partial charge in [0.15, 0.2) is 0 Å². The fourth-order valence-corrected chi connectivity index (χ4v) is 2.51. The normalized spacial score (nSPS) is 13.6. The first-order valence-corrected chi connectivity index (χ1v) is 7.50. The summed E-state index contributed by atoms with van der Waals surface area (Å²) in [6.45, 7) is 4.64. The molecule has 0 bridgehead atoms. The van der Waals surface area contributed by atoms with Gasteiger partial charge in [-0.05, 0) is 27.0 Å². The Morgan fingerprint density at radius 3 is 2.48 bits per heavy atom. The number of rotatable bonds is 6. The highest BCUT2D eigenvalue weighted by Gasteiger charge is 2.26. The van der Waals surface area contributed by atoms with E-state index in [1.165, 1.54) is 18.7 Å². The zero-order valence-electron chi connectivity index (χ0n) is 12.4. The number of carboxylic acid groups (broad SMARTS) is 1. The van der Waals surface area contributed by atoms with Crippen molar-refractivity contribution in [1.82, 2.24) is 15.3 Å². The average Bonchev–Trinajstić information content (AvgIpc) is 2.33. The topological polar surface area (TPSA) is 112 Å². The van der Waals surface area contributed by atoms with Gasteiger partial charge in [0, 0.05) is 6.54 Å². The Labute approximate surface area is 127 Å². The molecule has 1 aromatic rings. The standard InChI is InChI=1S/C13H19N3O4S/c1-7-10(12(21-4)16-8(2)15-7)11(19)14-6-13(3,20)5-9(17)18/h20H,5-6H2,1-4H3,(H,14,19)(H,17,18). The highest BCUT2D eigenvalue weighted by atomic mass is 32.2. The Kier molecular flexibility index (Phi) is 5.68. The lowest BCUT2D eigenvalue weighted by molar-refractivity contribution is -0.141. The summed E-state index contributed by atoms with van der Waals surface area (Å²) in [7, 11) is 0. The van der Waals surface area contributed by atoms with Crippen molar-refractivity contribution in [2.75, 3.05) is 12.8 Å². The van der Waals surface area contributed by atoms with Gasteiger partial charge in [0.2, 0.25) is 0 Å². The van der Waals surface area contributed by atoms with E-state index in [0.717, 1.165) is 0 Å². The number of hydrogen-bond acceptors (Lipinski definition) is 6. The molecule has 0 spiro atoms. The van der Waals surface area contributed by atoms with Gasteiger partial charge in [0.1, 0.15) is 10.9 Å². The Bertz CT molecular complexity index is 561. The molecule has 3 N–H and O–H groups in total. The molecule has 1 rings (SSSR count). The number of aliphatic carboxylic acids is 1. The van der Waals surface area contributed by atoms with Gasteiger partial charge >= 0.3 is 5.97 Å². The first-order chi connectivity index (χ1) is 9.66. The van der Waals surface area contributed by atoms with Crippen LogP contribution >= 0.6 is 11.8 Å². The molecule has 0 saturated carbocycles. The van der Waals surface area contributed by atoms with Gasteiger partial charge in [0.05, 0.1) is 23.3 Å². The van der Waals surface area contributed by atoms with Gasteiger partial charge < -0.3 is 15.5 Å². The van der Waals surface area contributed by atoms with Crippen LogP contribution in [-0.4, -0.2) is 50.5 Å². The minimum Gasteiger partial charge on any atom is -0.481 e. The lowest BCUT2D eigenvalue weighted by Gasteiger charge is -2.22. The summed E-state index contributed by atoms with van der Waals surface area (Å²) in [6, 6.07) is 0. The second-order valence-corrected chi connectivity index (χ2v) is 5.79. The number of thioether (sulfide) groups is 1. The van der Waals surface area contributed by atoms with Crippen LogP contribution in [0.3, 0.4) is 0 Å². The van der Waals surface area contributed by atoms with Crippen LogP contribution < -0.4 is 5.32 Å². The zero-order chi connectivity index (χ0) is 16.2. The molecule has 1 amide bonds. The predicted octanol–water partition coefficient (Wildman–Crippen LogP) is 0.771.